The molecular formula is C10H13BrN2O. The Bertz CT molecular complexity index is 339. The summed E-state index contributed by atoms with van der Waals surface area (Å²) in [6.45, 7) is 2.30. The standard InChI is InChI=1S/C10H13BrN2O/c1-7-3-4-8(11)9(5-7)13-6-10(14)12-2/h3-5,13H,6H2,1-2H3,(H,12,14). The third kappa shape index (κ3) is 3.03. The number of halogens is 1. The van der Waals surface area contributed by atoms with E-state index in [-0.39, 0.29) is 5.91 Å². The summed E-state index contributed by atoms with van der Waals surface area (Å²) in [4.78, 5) is 11.0. The molecule has 0 heterocycles. The fourth-order valence-electron chi connectivity index (χ4n) is 1.04. The molecule has 0 spiro atoms. The van der Waals surface area contributed by atoms with Gasteiger partial charge in [0.15, 0.2) is 0 Å². The van der Waals surface area contributed by atoms with Crippen LogP contribution in [0.1, 0.15) is 5.56 Å². The first-order valence-electron chi connectivity index (χ1n) is 4.34. The number of amides is 1. The van der Waals surface area contributed by atoms with E-state index in [0.29, 0.717) is 6.54 Å². The largest absolute Gasteiger partial charge is 0.375 e. The van der Waals surface area contributed by atoms with E-state index < -0.39 is 0 Å². The molecule has 14 heavy (non-hydrogen) atoms. The van der Waals surface area contributed by atoms with Crippen molar-refractivity contribution in [2.75, 3.05) is 18.9 Å². The van der Waals surface area contributed by atoms with Crippen molar-refractivity contribution in [1.82, 2.24) is 5.32 Å². The first-order chi connectivity index (χ1) is 6.63. The third-order valence-corrected chi connectivity index (χ3v) is 2.53. The second-order valence-electron chi connectivity index (χ2n) is 3.01. The number of carbonyl (C=O) groups excluding carboxylic acids is 1. The Hall–Kier alpha value is -1.03. The van der Waals surface area contributed by atoms with Crippen molar-refractivity contribution in [3.05, 3.63) is 28.2 Å². The Kier molecular flexibility index (Phi) is 3.95. The number of carbonyl (C=O) groups is 1. The van der Waals surface area contributed by atoms with Crippen LogP contribution >= 0.6 is 15.9 Å². The molecule has 2 N–H and O–H groups in total. The van der Waals surface area contributed by atoms with E-state index in [2.05, 4.69) is 26.6 Å². The van der Waals surface area contributed by atoms with Gasteiger partial charge in [0.05, 0.1) is 6.54 Å². The molecular weight excluding hydrogens is 244 g/mol. The fourth-order valence-corrected chi connectivity index (χ4v) is 1.43. The molecule has 1 amide bonds. The number of hydrogen-bond acceptors (Lipinski definition) is 2. The van der Waals surface area contributed by atoms with E-state index in [1.807, 2.05) is 25.1 Å². The number of nitrogens with one attached hydrogen (secondary N) is 2. The van der Waals surface area contributed by atoms with Gasteiger partial charge in [-0.2, -0.15) is 0 Å². The van der Waals surface area contributed by atoms with Gasteiger partial charge in [0.1, 0.15) is 0 Å². The summed E-state index contributed by atoms with van der Waals surface area (Å²) in [5.74, 6) is -0.0293. The van der Waals surface area contributed by atoms with Gasteiger partial charge in [-0.1, -0.05) is 6.07 Å². The molecule has 0 unspecified atom stereocenters. The fraction of sp³-hybridized carbons (Fsp3) is 0.300. The van der Waals surface area contributed by atoms with Crippen LogP contribution < -0.4 is 10.6 Å². The van der Waals surface area contributed by atoms with Crippen LogP contribution in [0.2, 0.25) is 0 Å². The molecule has 1 aromatic rings. The van der Waals surface area contributed by atoms with Gasteiger partial charge in [0.25, 0.3) is 0 Å². The Labute approximate surface area is 92.0 Å². The zero-order chi connectivity index (χ0) is 10.6. The molecule has 0 aliphatic rings. The summed E-state index contributed by atoms with van der Waals surface area (Å²) in [6.07, 6.45) is 0. The van der Waals surface area contributed by atoms with E-state index in [1.54, 1.807) is 7.05 Å². The van der Waals surface area contributed by atoms with Crippen LogP contribution in [0, 0.1) is 6.92 Å². The molecule has 0 saturated heterocycles. The van der Waals surface area contributed by atoms with Crippen molar-refractivity contribution in [3.8, 4) is 0 Å². The van der Waals surface area contributed by atoms with E-state index in [4.69, 9.17) is 0 Å². The molecule has 0 bridgehead atoms. The summed E-state index contributed by atoms with van der Waals surface area (Å²) in [5, 5.41) is 5.60. The van der Waals surface area contributed by atoms with Crippen LogP contribution in [0.5, 0.6) is 0 Å². The van der Waals surface area contributed by atoms with Gasteiger partial charge in [-0.15, -0.1) is 0 Å². The molecule has 0 aromatic heterocycles. The molecule has 4 heteroatoms. The Morgan fingerprint density at radius 1 is 1.50 bits per heavy atom. The molecule has 0 fully saturated rings. The topological polar surface area (TPSA) is 41.1 Å². The maximum Gasteiger partial charge on any atom is 0.239 e. The van der Waals surface area contributed by atoms with Crippen molar-refractivity contribution < 1.29 is 4.79 Å². The number of benzene rings is 1. The van der Waals surface area contributed by atoms with Gasteiger partial charge in [0.2, 0.25) is 5.91 Å². The predicted molar refractivity (Wildman–Crippen MR) is 61.4 cm³/mol. The quantitative estimate of drug-likeness (QED) is 0.868. The highest BCUT2D eigenvalue weighted by atomic mass is 79.9. The number of anilines is 1. The normalized spacial score (nSPS) is 9.64. The minimum Gasteiger partial charge on any atom is -0.375 e. The van der Waals surface area contributed by atoms with Crippen molar-refractivity contribution in [2.24, 2.45) is 0 Å². The van der Waals surface area contributed by atoms with Gasteiger partial charge < -0.3 is 10.6 Å². The van der Waals surface area contributed by atoms with E-state index in [0.717, 1.165) is 15.7 Å². The Balaban J connectivity index is 2.66. The lowest BCUT2D eigenvalue weighted by atomic mass is 10.2. The van der Waals surface area contributed by atoms with Crippen molar-refractivity contribution in [1.29, 1.82) is 0 Å². The molecule has 76 valence electrons. The lowest BCUT2D eigenvalue weighted by Gasteiger charge is -2.08. The molecule has 3 nitrogen and oxygen atoms in total. The van der Waals surface area contributed by atoms with Gasteiger partial charge >= 0.3 is 0 Å². The SMILES string of the molecule is CNC(=O)CNc1cc(C)ccc1Br. The van der Waals surface area contributed by atoms with Gasteiger partial charge in [-0.3, -0.25) is 4.79 Å². The molecule has 0 atom stereocenters. The van der Waals surface area contributed by atoms with E-state index >= 15 is 0 Å². The van der Waals surface area contributed by atoms with E-state index in [9.17, 15) is 4.79 Å². The number of hydrogen-bond donors (Lipinski definition) is 2. The first kappa shape index (κ1) is 11.0. The van der Waals surface area contributed by atoms with Gasteiger partial charge in [-0.05, 0) is 40.5 Å². The molecule has 0 aliphatic heterocycles. The Morgan fingerprint density at radius 2 is 2.21 bits per heavy atom. The molecule has 0 saturated carbocycles. The maximum absolute atomic E-state index is 11.0. The third-order valence-electron chi connectivity index (χ3n) is 1.84. The van der Waals surface area contributed by atoms with E-state index in [1.165, 1.54) is 0 Å². The maximum atomic E-state index is 11.0. The zero-order valence-electron chi connectivity index (χ0n) is 8.23. The highest BCUT2D eigenvalue weighted by molar-refractivity contribution is 9.10. The number of aryl methyl sites for hydroxylation is 1. The highest BCUT2D eigenvalue weighted by Crippen LogP contribution is 2.22. The predicted octanol–water partition coefficient (Wildman–Crippen LogP) is 1.92. The average molecular weight is 257 g/mol. The van der Waals surface area contributed by atoms with Crippen LogP contribution in [0.15, 0.2) is 22.7 Å². The molecule has 1 aromatic carbocycles. The van der Waals surface area contributed by atoms with Crippen LogP contribution in [-0.2, 0) is 4.79 Å². The van der Waals surface area contributed by atoms with Crippen molar-refractivity contribution in [3.63, 3.8) is 0 Å². The molecule has 1 rings (SSSR count). The molecule has 0 aliphatic carbocycles. The first-order valence-corrected chi connectivity index (χ1v) is 5.13. The Morgan fingerprint density at radius 3 is 2.86 bits per heavy atom. The number of likely N-dealkylation sites (N-methyl/N-ethyl adjacent to an activating group) is 1. The second kappa shape index (κ2) is 5.00. The number of rotatable bonds is 3. The zero-order valence-corrected chi connectivity index (χ0v) is 9.81. The van der Waals surface area contributed by atoms with Crippen molar-refractivity contribution in [2.45, 2.75) is 6.92 Å². The minimum absolute atomic E-state index is 0.0293. The van der Waals surface area contributed by atoms with Crippen LogP contribution in [0.4, 0.5) is 5.69 Å². The average Bonchev–Trinajstić information content (AvgIpc) is 2.19. The summed E-state index contributed by atoms with van der Waals surface area (Å²) in [6, 6.07) is 5.96. The van der Waals surface area contributed by atoms with Crippen LogP contribution in [-0.4, -0.2) is 19.5 Å². The summed E-state index contributed by atoms with van der Waals surface area (Å²) < 4.78 is 0.965. The lowest BCUT2D eigenvalue weighted by molar-refractivity contribution is -0.118. The monoisotopic (exact) mass is 256 g/mol. The molecule has 0 radical (unpaired) electrons. The smallest absolute Gasteiger partial charge is 0.239 e. The second-order valence-corrected chi connectivity index (χ2v) is 3.86. The van der Waals surface area contributed by atoms with Gasteiger partial charge in [-0.25, -0.2) is 0 Å². The minimum atomic E-state index is -0.0293. The van der Waals surface area contributed by atoms with Crippen molar-refractivity contribution >= 4 is 27.5 Å². The lowest BCUT2D eigenvalue weighted by Crippen LogP contribution is -2.26. The van der Waals surface area contributed by atoms with Crippen LogP contribution in [0.25, 0.3) is 0 Å². The summed E-state index contributed by atoms with van der Waals surface area (Å²) >= 11 is 3.41. The summed E-state index contributed by atoms with van der Waals surface area (Å²) in [5.41, 5.74) is 2.10. The highest BCUT2D eigenvalue weighted by Gasteiger charge is 2.01. The van der Waals surface area contributed by atoms with Gasteiger partial charge in [0, 0.05) is 17.2 Å². The summed E-state index contributed by atoms with van der Waals surface area (Å²) in [7, 11) is 1.62. The van der Waals surface area contributed by atoms with Crippen LogP contribution in [0.3, 0.4) is 0 Å².